The van der Waals surface area contributed by atoms with Crippen molar-refractivity contribution in [3.05, 3.63) is 0 Å². The number of hydrogen-bond donors (Lipinski definition) is 2. The van der Waals surface area contributed by atoms with E-state index in [1.54, 1.807) is 9.80 Å². The van der Waals surface area contributed by atoms with Gasteiger partial charge in [0.05, 0.1) is 6.42 Å². The van der Waals surface area contributed by atoms with Crippen molar-refractivity contribution in [1.82, 2.24) is 15.1 Å². The summed E-state index contributed by atoms with van der Waals surface area (Å²) in [7, 11) is 0. The van der Waals surface area contributed by atoms with E-state index in [9.17, 15) is 14.4 Å². The van der Waals surface area contributed by atoms with E-state index in [-0.39, 0.29) is 31.3 Å². The second kappa shape index (κ2) is 6.58. The highest BCUT2D eigenvalue weighted by molar-refractivity contribution is 5.80. The van der Waals surface area contributed by atoms with Gasteiger partial charge in [0.1, 0.15) is 0 Å². The molecule has 0 aliphatic carbocycles. The molecule has 1 saturated heterocycles. The summed E-state index contributed by atoms with van der Waals surface area (Å²) in [6.45, 7) is 7.02. The lowest BCUT2D eigenvalue weighted by Crippen LogP contribution is -2.53. The Morgan fingerprint density at radius 3 is 2.55 bits per heavy atom. The van der Waals surface area contributed by atoms with Crippen LogP contribution in [0.25, 0.3) is 0 Å². The zero-order valence-electron chi connectivity index (χ0n) is 12.3. The van der Waals surface area contributed by atoms with Gasteiger partial charge in [0.15, 0.2) is 0 Å². The van der Waals surface area contributed by atoms with Crippen molar-refractivity contribution in [1.29, 1.82) is 0 Å². The highest BCUT2D eigenvalue weighted by Gasteiger charge is 2.31. The first kappa shape index (κ1) is 16.3. The molecule has 0 spiro atoms. The van der Waals surface area contributed by atoms with Crippen LogP contribution in [0.1, 0.15) is 33.6 Å². The van der Waals surface area contributed by atoms with Gasteiger partial charge in [0.2, 0.25) is 5.91 Å². The van der Waals surface area contributed by atoms with Gasteiger partial charge >= 0.3 is 12.0 Å². The van der Waals surface area contributed by atoms with Gasteiger partial charge in [0, 0.05) is 38.1 Å². The molecule has 114 valence electrons. The minimum atomic E-state index is -0.931. The number of carbonyl (C=O) groups is 3. The van der Waals surface area contributed by atoms with Gasteiger partial charge in [-0.25, -0.2) is 4.79 Å². The minimum Gasteiger partial charge on any atom is -0.481 e. The molecule has 0 aromatic rings. The fourth-order valence-electron chi connectivity index (χ4n) is 2.05. The summed E-state index contributed by atoms with van der Waals surface area (Å²) in [6, 6.07) is -0.213. The predicted molar refractivity (Wildman–Crippen MR) is 73.3 cm³/mol. The number of aliphatic carboxylic acids is 1. The first-order chi connectivity index (χ1) is 9.21. The van der Waals surface area contributed by atoms with Crippen LogP contribution in [-0.2, 0) is 9.59 Å². The number of carboxylic acid groups (broad SMARTS) is 1. The number of urea groups is 1. The third kappa shape index (κ3) is 4.71. The zero-order valence-corrected chi connectivity index (χ0v) is 12.3. The van der Waals surface area contributed by atoms with Crippen LogP contribution in [0.2, 0.25) is 0 Å². The molecule has 0 radical (unpaired) electrons. The molecule has 0 saturated carbocycles. The summed E-state index contributed by atoms with van der Waals surface area (Å²) in [5.41, 5.74) is -0.462. The number of rotatable bonds is 3. The Kier molecular flexibility index (Phi) is 5.35. The smallest absolute Gasteiger partial charge is 0.320 e. The Balaban J connectivity index is 2.76. The molecule has 1 heterocycles. The maximum Gasteiger partial charge on any atom is 0.320 e. The Hall–Kier alpha value is -1.79. The van der Waals surface area contributed by atoms with Crippen LogP contribution in [-0.4, -0.2) is 64.5 Å². The fraction of sp³-hybridized carbons (Fsp3) is 0.769. The number of carbonyl (C=O) groups excluding carboxylic acids is 2. The van der Waals surface area contributed by atoms with Gasteiger partial charge in [-0.1, -0.05) is 0 Å². The SMILES string of the molecule is CC(C)(C)N(CCC(=O)O)C(=O)N1CCNC(=O)CC1. The number of hydrogen-bond acceptors (Lipinski definition) is 3. The van der Waals surface area contributed by atoms with Gasteiger partial charge < -0.3 is 20.2 Å². The van der Waals surface area contributed by atoms with Crippen LogP contribution < -0.4 is 5.32 Å². The Morgan fingerprint density at radius 1 is 1.35 bits per heavy atom. The average Bonchev–Trinajstić information content (AvgIpc) is 2.51. The fourth-order valence-corrected chi connectivity index (χ4v) is 2.05. The third-order valence-corrected chi connectivity index (χ3v) is 3.17. The lowest BCUT2D eigenvalue weighted by Gasteiger charge is -2.38. The number of nitrogens with zero attached hydrogens (tertiary/aromatic N) is 2. The number of carboxylic acids is 1. The molecular weight excluding hydrogens is 262 g/mol. The molecule has 1 aliphatic rings. The van der Waals surface area contributed by atoms with Crippen molar-refractivity contribution >= 4 is 17.9 Å². The summed E-state index contributed by atoms with van der Waals surface area (Å²) in [5, 5.41) is 11.5. The van der Waals surface area contributed by atoms with Crippen molar-refractivity contribution in [2.45, 2.75) is 39.2 Å². The second-order valence-corrected chi connectivity index (χ2v) is 5.84. The molecule has 1 rings (SSSR count). The van der Waals surface area contributed by atoms with E-state index in [0.717, 1.165) is 0 Å². The maximum absolute atomic E-state index is 12.5. The van der Waals surface area contributed by atoms with E-state index in [4.69, 9.17) is 5.11 Å². The van der Waals surface area contributed by atoms with Crippen molar-refractivity contribution in [2.75, 3.05) is 26.2 Å². The molecule has 0 unspecified atom stereocenters. The Labute approximate surface area is 118 Å². The average molecular weight is 285 g/mol. The molecule has 7 nitrogen and oxygen atoms in total. The van der Waals surface area contributed by atoms with Gasteiger partial charge in [-0.3, -0.25) is 9.59 Å². The maximum atomic E-state index is 12.5. The van der Waals surface area contributed by atoms with Gasteiger partial charge in [-0.05, 0) is 20.8 Å². The molecule has 0 aromatic carbocycles. The molecule has 0 atom stereocenters. The van der Waals surface area contributed by atoms with E-state index in [0.29, 0.717) is 19.6 Å². The predicted octanol–water partition coefficient (Wildman–Crippen LogP) is 0.504. The van der Waals surface area contributed by atoms with Crippen molar-refractivity contribution in [3.63, 3.8) is 0 Å². The summed E-state index contributed by atoms with van der Waals surface area (Å²) in [5.74, 6) is -0.993. The summed E-state index contributed by atoms with van der Waals surface area (Å²) < 4.78 is 0. The Morgan fingerprint density at radius 2 is 2.00 bits per heavy atom. The van der Waals surface area contributed by atoms with Crippen molar-refractivity contribution < 1.29 is 19.5 Å². The van der Waals surface area contributed by atoms with Crippen molar-refractivity contribution in [2.24, 2.45) is 0 Å². The highest BCUT2D eigenvalue weighted by Crippen LogP contribution is 2.17. The highest BCUT2D eigenvalue weighted by atomic mass is 16.4. The monoisotopic (exact) mass is 285 g/mol. The quantitative estimate of drug-likeness (QED) is 0.790. The second-order valence-electron chi connectivity index (χ2n) is 5.84. The zero-order chi connectivity index (χ0) is 15.3. The first-order valence-electron chi connectivity index (χ1n) is 6.77. The third-order valence-electron chi connectivity index (χ3n) is 3.17. The van der Waals surface area contributed by atoms with Gasteiger partial charge in [-0.2, -0.15) is 0 Å². The molecule has 3 amide bonds. The summed E-state index contributed by atoms with van der Waals surface area (Å²) in [4.78, 5) is 37.7. The molecule has 1 fully saturated rings. The van der Waals surface area contributed by atoms with E-state index in [2.05, 4.69) is 5.32 Å². The van der Waals surface area contributed by atoms with Crippen LogP contribution in [0, 0.1) is 0 Å². The van der Waals surface area contributed by atoms with Gasteiger partial charge in [-0.15, -0.1) is 0 Å². The van der Waals surface area contributed by atoms with Crippen LogP contribution in [0.4, 0.5) is 4.79 Å². The topological polar surface area (TPSA) is 90.0 Å². The molecule has 2 N–H and O–H groups in total. The number of nitrogens with one attached hydrogen (secondary N) is 1. The Bertz CT molecular complexity index is 390. The molecule has 20 heavy (non-hydrogen) atoms. The van der Waals surface area contributed by atoms with Crippen LogP contribution in [0.5, 0.6) is 0 Å². The first-order valence-corrected chi connectivity index (χ1v) is 6.77. The minimum absolute atomic E-state index is 0.0619. The molecule has 0 bridgehead atoms. The standard InChI is InChI=1S/C13H23N3O4/c1-13(2,3)16(8-5-11(18)19)12(20)15-7-4-10(17)14-6-9-15/h4-9H2,1-3H3,(H,14,17)(H,18,19). The normalized spacial score (nSPS) is 16.4. The van der Waals surface area contributed by atoms with Crippen molar-refractivity contribution in [3.8, 4) is 0 Å². The van der Waals surface area contributed by atoms with E-state index < -0.39 is 11.5 Å². The van der Waals surface area contributed by atoms with E-state index in [1.165, 1.54) is 0 Å². The summed E-state index contributed by atoms with van der Waals surface area (Å²) in [6.07, 6.45) is 0.191. The van der Waals surface area contributed by atoms with E-state index >= 15 is 0 Å². The lowest BCUT2D eigenvalue weighted by molar-refractivity contribution is -0.137. The molecular formula is C13H23N3O4. The lowest BCUT2D eigenvalue weighted by atomic mass is 10.1. The van der Waals surface area contributed by atoms with E-state index in [1.807, 2.05) is 20.8 Å². The largest absolute Gasteiger partial charge is 0.481 e. The van der Waals surface area contributed by atoms with Crippen LogP contribution in [0.3, 0.4) is 0 Å². The number of amides is 3. The summed E-state index contributed by atoms with van der Waals surface area (Å²) >= 11 is 0. The van der Waals surface area contributed by atoms with Crippen LogP contribution in [0.15, 0.2) is 0 Å². The van der Waals surface area contributed by atoms with Gasteiger partial charge in [0.25, 0.3) is 0 Å². The molecule has 0 aromatic heterocycles. The molecule has 7 heteroatoms. The molecule has 1 aliphatic heterocycles. The van der Waals surface area contributed by atoms with Crippen LogP contribution >= 0.6 is 0 Å².